The number of aromatic amines is 1. The summed E-state index contributed by atoms with van der Waals surface area (Å²) in [5, 5.41) is 13.7. The van der Waals surface area contributed by atoms with Gasteiger partial charge in [0, 0.05) is 12.3 Å². The molecule has 0 spiro atoms. The van der Waals surface area contributed by atoms with E-state index in [4.69, 9.17) is 18.5 Å². The molecule has 3 aromatic rings. The molecule has 0 bridgehead atoms. The maximum Gasteiger partial charge on any atom is 0.459 e. The summed E-state index contributed by atoms with van der Waals surface area (Å²) in [7, 11) is -4.23. The standard InChI is InChI=1S/C26H28N3O9P/c1-16(24(32)35-15-17-9-5-3-6-10-17)28-39(34,37-18-11-7-4-8-12-18)38-22-21-26(22,2)20(31)23(36-21)29-14-13-19(30)27-25(29)33/h3-14,16,20-23,31H,15H2,1-2H3,(H,28,34)(H,27,30,33)/t16-,20-,21+,22?,23+,26+,39-/m0/s1. The zero-order valence-electron chi connectivity index (χ0n) is 21.1. The van der Waals surface area contributed by atoms with Crippen LogP contribution in [0.5, 0.6) is 5.75 Å². The van der Waals surface area contributed by atoms with E-state index in [-0.39, 0.29) is 12.4 Å². The van der Waals surface area contributed by atoms with Crippen LogP contribution in [-0.2, 0) is 30.0 Å². The molecular weight excluding hydrogens is 529 g/mol. The molecule has 13 heteroatoms. The number of hydrogen-bond donors (Lipinski definition) is 3. The number of aromatic nitrogens is 2. The van der Waals surface area contributed by atoms with Gasteiger partial charge in [0.2, 0.25) is 0 Å². The third-order valence-corrected chi connectivity index (χ3v) is 8.52. The monoisotopic (exact) mass is 557 g/mol. The van der Waals surface area contributed by atoms with Crippen LogP contribution < -0.4 is 20.9 Å². The number of rotatable bonds is 10. The van der Waals surface area contributed by atoms with Crippen molar-refractivity contribution in [1.29, 1.82) is 0 Å². The zero-order valence-corrected chi connectivity index (χ0v) is 22.0. The number of benzene rings is 2. The Balaban J connectivity index is 1.30. The van der Waals surface area contributed by atoms with Gasteiger partial charge >= 0.3 is 19.4 Å². The normalized spacial score (nSPS) is 27.7. The Morgan fingerprint density at radius 2 is 1.82 bits per heavy atom. The average Bonchev–Trinajstić information content (AvgIpc) is 3.36. The number of carbonyl (C=O) groups is 1. The lowest BCUT2D eigenvalue weighted by Crippen LogP contribution is -2.40. The number of fused-ring (bicyclic) bond motifs is 1. The number of esters is 1. The second-order valence-electron chi connectivity index (χ2n) is 9.65. The molecule has 1 unspecified atom stereocenters. The minimum atomic E-state index is -4.23. The maximum atomic E-state index is 13.9. The molecule has 1 saturated carbocycles. The molecular formula is C26H28N3O9P. The van der Waals surface area contributed by atoms with Gasteiger partial charge in [0.1, 0.15) is 30.6 Å². The molecule has 0 radical (unpaired) electrons. The van der Waals surface area contributed by atoms with Crippen molar-refractivity contribution in [2.45, 2.75) is 51.0 Å². The van der Waals surface area contributed by atoms with Crippen LogP contribution in [0.3, 0.4) is 0 Å². The fourth-order valence-electron chi connectivity index (χ4n) is 4.54. The average molecular weight is 557 g/mol. The van der Waals surface area contributed by atoms with Crippen LogP contribution in [0.4, 0.5) is 0 Å². The van der Waals surface area contributed by atoms with Gasteiger partial charge in [0.25, 0.3) is 5.56 Å². The Kier molecular flexibility index (Phi) is 7.32. The number of H-pyrrole nitrogens is 1. The fraction of sp³-hybridized carbons (Fsp3) is 0.346. The Bertz CT molecular complexity index is 1500. The lowest BCUT2D eigenvalue weighted by molar-refractivity contribution is -0.146. The minimum Gasteiger partial charge on any atom is -0.460 e. The summed E-state index contributed by atoms with van der Waals surface area (Å²) in [6.45, 7) is 3.16. The second kappa shape index (κ2) is 10.6. The Morgan fingerprint density at radius 3 is 2.44 bits per heavy atom. The summed E-state index contributed by atoms with van der Waals surface area (Å²) in [5.41, 5.74) is -1.58. The molecule has 1 aromatic heterocycles. The summed E-state index contributed by atoms with van der Waals surface area (Å²) in [6, 6.07) is 17.5. The first-order chi connectivity index (χ1) is 18.6. The van der Waals surface area contributed by atoms with E-state index < -0.39 is 61.0 Å². The number of carbonyl (C=O) groups excluding carboxylic acids is 1. The number of ether oxygens (including phenoxy) is 2. The topological polar surface area (TPSA) is 158 Å². The highest BCUT2D eigenvalue weighted by atomic mass is 31.2. The highest BCUT2D eigenvalue weighted by Crippen LogP contribution is 2.66. The molecule has 2 aromatic carbocycles. The van der Waals surface area contributed by atoms with E-state index in [1.807, 2.05) is 30.3 Å². The molecule has 0 amide bonds. The summed E-state index contributed by atoms with van der Waals surface area (Å²) >= 11 is 0. The van der Waals surface area contributed by atoms with Crippen molar-refractivity contribution in [2.75, 3.05) is 0 Å². The van der Waals surface area contributed by atoms with E-state index in [1.54, 1.807) is 37.3 Å². The molecule has 206 valence electrons. The van der Waals surface area contributed by atoms with E-state index >= 15 is 0 Å². The maximum absolute atomic E-state index is 13.9. The second-order valence-corrected chi connectivity index (χ2v) is 11.3. The minimum absolute atomic E-state index is 0.0324. The van der Waals surface area contributed by atoms with Gasteiger partial charge in [0.05, 0.1) is 11.5 Å². The molecule has 1 saturated heterocycles. The summed E-state index contributed by atoms with van der Waals surface area (Å²) in [4.78, 5) is 38.4. The van der Waals surface area contributed by atoms with E-state index in [0.717, 1.165) is 16.2 Å². The number of nitrogens with zero attached hydrogens (tertiary/aromatic N) is 1. The van der Waals surface area contributed by atoms with Gasteiger partial charge in [-0.05, 0) is 24.6 Å². The zero-order chi connectivity index (χ0) is 27.8. The number of aliphatic hydroxyl groups is 1. The number of para-hydroxylation sites is 1. The van der Waals surface area contributed by atoms with Crippen molar-refractivity contribution in [1.82, 2.24) is 14.6 Å². The largest absolute Gasteiger partial charge is 0.460 e. The van der Waals surface area contributed by atoms with Gasteiger partial charge in [-0.3, -0.25) is 23.7 Å². The lowest BCUT2D eigenvalue weighted by Gasteiger charge is -2.27. The van der Waals surface area contributed by atoms with Crippen LogP contribution in [-0.4, -0.2) is 45.0 Å². The van der Waals surface area contributed by atoms with Gasteiger partial charge in [-0.1, -0.05) is 55.5 Å². The smallest absolute Gasteiger partial charge is 0.459 e. The molecule has 3 N–H and O–H groups in total. The first-order valence-corrected chi connectivity index (χ1v) is 13.8. The lowest BCUT2D eigenvalue weighted by atomic mass is 10.0. The third kappa shape index (κ3) is 5.47. The molecule has 1 aliphatic carbocycles. The van der Waals surface area contributed by atoms with Crippen molar-refractivity contribution < 1.29 is 33.0 Å². The Morgan fingerprint density at radius 1 is 1.15 bits per heavy atom. The molecule has 7 atom stereocenters. The van der Waals surface area contributed by atoms with Crippen molar-refractivity contribution in [3.05, 3.63) is 99.3 Å². The van der Waals surface area contributed by atoms with Crippen molar-refractivity contribution in [2.24, 2.45) is 5.41 Å². The third-order valence-electron chi connectivity index (χ3n) is 6.86. The highest BCUT2D eigenvalue weighted by molar-refractivity contribution is 7.52. The SMILES string of the molecule is C[C@H](N[P@](=O)(Oc1ccccc1)OC1[C@H]2O[C@@H](n3ccc(=O)[nH]c3=O)[C@H](O)[C@@]12C)C(=O)OCc1ccccc1. The van der Waals surface area contributed by atoms with Crippen molar-refractivity contribution in [3.63, 3.8) is 0 Å². The van der Waals surface area contributed by atoms with Gasteiger partial charge in [-0.15, -0.1) is 0 Å². The van der Waals surface area contributed by atoms with E-state index in [2.05, 4.69) is 10.1 Å². The fourth-order valence-corrected chi connectivity index (χ4v) is 6.32. The Labute approximate surface area is 223 Å². The summed E-state index contributed by atoms with van der Waals surface area (Å²) < 4.78 is 37.8. The van der Waals surface area contributed by atoms with Crippen molar-refractivity contribution in [3.8, 4) is 5.75 Å². The van der Waals surface area contributed by atoms with Gasteiger partial charge in [0.15, 0.2) is 6.23 Å². The quantitative estimate of drug-likeness (QED) is 0.249. The van der Waals surface area contributed by atoms with E-state index in [1.165, 1.54) is 13.1 Å². The van der Waals surface area contributed by atoms with Crippen LogP contribution in [0.15, 0.2) is 82.5 Å². The van der Waals surface area contributed by atoms with Crippen LogP contribution >= 0.6 is 7.75 Å². The van der Waals surface area contributed by atoms with Crippen LogP contribution in [0.25, 0.3) is 0 Å². The van der Waals surface area contributed by atoms with E-state index in [9.17, 15) is 24.1 Å². The summed E-state index contributed by atoms with van der Waals surface area (Å²) in [5.74, 6) is -0.441. The molecule has 2 fully saturated rings. The first-order valence-electron chi connectivity index (χ1n) is 12.3. The van der Waals surface area contributed by atoms with E-state index in [0.29, 0.717) is 0 Å². The molecule has 39 heavy (non-hydrogen) atoms. The highest BCUT2D eigenvalue weighted by Gasteiger charge is 2.76. The first kappa shape index (κ1) is 27.0. The predicted octanol–water partition coefficient (Wildman–Crippen LogP) is 2.11. The molecule has 2 aliphatic rings. The van der Waals surface area contributed by atoms with Crippen molar-refractivity contribution >= 4 is 13.7 Å². The summed E-state index contributed by atoms with van der Waals surface area (Å²) in [6.07, 6.45) is -2.73. The molecule has 12 nitrogen and oxygen atoms in total. The number of hydrogen-bond acceptors (Lipinski definition) is 9. The number of nitrogens with one attached hydrogen (secondary N) is 2. The van der Waals surface area contributed by atoms with Crippen LogP contribution in [0.1, 0.15) is 25.6 Å². The molecule has 1 aliphatic heterocycles. The predicted molar refractivity (Wildman–Crippen MR) is 138 cm³/mol. The molecule has 2 heterocycles. The van der Waals surface area contributed by atoms with Gasteiger partial charge < -0.3 is 19.1 Å². The van der Waals surface area contributed by atoms with Crippen LogP contribution in [0.2, 0.25) is 0 Å². The van der Waals surface area contributed by atoms with Gasteiger partial charge in [-0.2, -0.15) is 5.09 Å². The Hall–Kier alpha value is -3.54. The number of aliphatic hydroxyl groups excluding tert-OH is 1. The van der Waals surface area contributed by atoms with Crippen LogP contribution in [0, 0.1) is 5.41 Å². The molecule has 5 rings (SSSR count). The van der Waals surface area contributed by atoms with Gasteiger partial charge in [-0.25, -0.2) is 9.36 Å².